The van der Waals surface area contributed by atoms with Gasteiger partial charge in [0, 0.05) is 6.04 Å². The standard InChI is InChI=1S/C15H29NO2S/c1-11(2)12-8-9-14(16-3)15(10-12)19(17,18)13-6-4-5-7-13/h11-16H,4-10H2,1-3H3. The van der Waals surface area contributed by atoms with Crippen molar-refractivity contribution in [3.05, 3.63) is 0 Å². The molecule has 0 spiro atoms. The summed E-state index contributed by atoms with van der Waals surface area (Å²) < 4.78 is 25.8. The molecule has 19 heavy (non-hydrogen) atoms. The molecular weight excluding hydrogens is 258 g/mol. The van der Waals surface area contributed by atoms with Crippen LogP contribution in [0.5, 0.6) is 0 Å². The maximum atomic E-state index is 12.9. The third-order valence-corrected chi connectivity index (χ3v) is 8.10. The number of rotatable bonds is 4. The molecule has 1 N–H and O–H groups in total. The highest BCUT2D eigenvalue weighted by atomic mass is 32.2. The van der Waals surface area contributed by atoms with E-state index < -0.39 is 9.84 Å². The van der Waals surface area contributed by atoms with Gasteiger partial charge in [-0.25, -0.2) is 8.42 Å². The maximum absolute atomic E-state index is 12.9. The highest BCUT2D eigenvalue weighted by Gasteiger charge is 2.43. The van der Waals surface area contributed by atoms with Gasteiger partial charge in [-0.1, -0.05) is 26.7 Å². The van der Waals surface area contributed by atoms with Crippen molar-refractivity contribution in [2.24, 2.45) is 11.8 Å². The summed E-state index contributed by atoms with van der Waals surface area (Å²) in [6.07, 6.45) is 7.00. The van der Waals surface area contributed by atoms with Crippen LogP contribution in [0.25, 0.3) is 0 Å². The Bertz CT molecular complexity index is 385. The van der Waals surface area contributed by atoms with Crippen molar-refractivity contribution < 1.29 is 8.42 Å². The van der Waals surface area contributed by atoms with Gasteiger partial charge in [-0.05, 0) is 51.0 Å². The van der Waals surface area contributed by atoms with Crippen molar-refractivity contribution in [3.8, 4) is 0 Å². The molecule has 0 aromatic carbocycles. The lowest BCUT2D eigenvalue weighted by Crippen LogP contribution is -2.49. The monoisotopic (exact) mass is 287 g/mol. The lowest BCUT2D eigenvalue weighted by atomic mass is 9.79. The fraction of sp³-hybridized carbons (Fsp3) is 1.00. The smallest absolute Gasteiger partial charge is 0.157 e. The van der Waals surface area contributed by atoms with Crippen LogP contribution < -0.4 is 5.32 Å². The molecule has 2 aliphatic rings. The minimum atomic E-state index is -2.95. The van der Waals surface area contributed by atoms with Gasteiger partial charge in [-0.2, -0.15) is 0 Å². The van der Waals surface area contributed by atoms with Crippen molar-refractivity contribution in [2.45, 2.75) is 75.3 Å². The minimum Gasteiger partial charge on any atom is -0.316 e. The van der Waals surface area contributed by atoms with E-state index in [0.717, 1.165) is 38.5 Å². The first-order valence-corrected chi connectivity index (χ1v) is 9.47. The van der Waals surface area contributed by atoms with Gasteiger partial charge in [0.05, 0.1) is 10.5 Å². The molecule has 0 heterocycles. The Morgan fingerprint density at radius 3 is 2.21 bits per heavy atom. The number of nitrogens with one attached hydrogen (secondary N) is 1. The molecule has 3 nitrogen and oxygen atoms in total. The van der Waals surface area contributed by atoms with Crippen molar-refractivity contribution in [3.63, 3.8) is 0 Å². The van der Waals surface area contributed by atoms with Crippen LogP contribution in [-0.2, 0) is 9.84 Å². The van der Waals surface area contributed by atoms with Crippen molar-refractivity contribution in [2.75, 3.05) is 7.05 Å². The van der Waals surface area contributed by atoms with Gasteiger partial charge in [-0.15, -0.1) is 0 Å². The topological polar surface area (TPSA) is 46.2 Å². The van der Waals surface area contributed by atoms with Crippen LogP contribution in [0.4, 0.5) is 0 Å². The zero-order valence-electron chi connectivity index (χ0n) is 12.6. The quantitative estimate of drug-likeness (QED) is 0.865. The van der Waals surface area contributed by atoms with E-state index in [1.54, 1.807) is 0 Å². The van der Waals surface area contributed by atoms with Crippen LogP contribution in [-0.4, -0.2) is 32.0 Å². The van der Waals surface area contributed by atoms with E-state index in [9.17, 15) is 8.42 Å². The first-order valence-electron chi connectivity index (χ1n) is 7.86. The molecule has 2 fully saturated rings. The van der Waals surface area contributed by atoms with Crippen molar-refractivity contribution >= 4 is 9.84 Å². The third kappa shape index (κ3) is 3.15. The highest BCUT2D eigenvalue weighted by Crippen LogP contribution is 2.37. The lowest BCUT2D eigenvalue weighted by molar-refractivity contribution is 0.245. The summed E-state index contributed by atoms with van der Waals surface area (Å²) in [5, 5.41) is 3.06. The van der Waals surface area contributed by atoms with Crippen LogP contribution in [0, 0.1) is 11.8 Å². The average Bonchev–Trinajstić information content (AvgIpc) is 2.92. The molecule has 0 radical (unpaired) electrons. The van der Waals surface area contributed by atoms with E-state index in [1.165, 1.54) is 6.42 Å². The molecule has 2 rings (SSSR count). The summed E-state index contributed by atoms with van der Waals surface area (Å²) in [6.45, 7) is 4.45. The Kier molecular flexibility index (Phi) is 4.93. The predicted molar refractivity (Wildman–Crippen MR) is 80.0 cm³/mol. The normalized spacial score (nSPS) is 34.0. The predicted octanol–water partition coefficient (Wildman–Crippen LogP) is 2.76. The van der Waals surface area contributed by atoms with E-state index in [2.05, 4.69) is 19.2 Å². The van der Waals surface area contributed by atoms with Gasteiger partial charge in [0.2, 0.25) is 0 Å². The van der Waals surface area contributed by atoms with Gasteiger partial charge in [0.15, 0.2) is 9.84 Å². The van der Waals surface area contributed by atoms with Gasteiger partial charge in [0.1, 0.15) is 0 Å². The Balaban J connectivity index is 2.17. The Hall–Kier alpha value is -0.0900. The van der Waals surface area contributed by atoms with E-state index in [0.29, 0.717) is 11.8 Å². The summed E-state index contributed by atoms with van der Waals surface area (Å²) in [7, 11) is -1.04. The van der Waals surface area contributed by atoms with Crippen molar-refractivity contribution in [1.29, 1.82) is 0 Å². The van der Waals surface area contributed by atoms with Crippen LogP contribution in [0.15, 0.2) is 0 Å². The van der Waals surface area contributed by atoms with Crippen LogP contribution >= 0.6 is 0 Å². The molecule has 3 unspecified atom stereocenters. The van der Waals surface area contributed by atoms with Crippen LogP contribution in [0.3, 0.4) is 0 Å². The summed E-state index contributed by atoms with van der Waals surface area (Å²) >= 11 is 0. The van der Waals surface area contributed by atoms with E-state index >= 15 is 0 Å². The molecule has 4 heteroatoms. The highest BCUT2D eigenvalue weighted by molar-refractivity contribution is 7.92. The number of sulfone groups is 1. The summed E-state index contributed by atoms with van der Waals surface area (Å²) in [5.74, 6) is 1.17. The number of hydrogen-bond donors (Lipinski definition) is 1. The van der Waals surface area contributed by atoms with Crippen LogP contribution in [0.2, 0.25) is 0 Å². The molecule has 0 aromatic rings. The molecule has 0 amide bonds. The zero-order valence-corrected chi connectivity index (χ0v) is 13.4. The summed E-state index contributed by atoms with van der Waals surface area (Å²) in [4.78, 5) is 0. The third-order valence-electron chi connectivity index (χ3n) is 5.33. The van der Waals surface area contributed by atoms with Crippen molar-refractivity contribution in [1.82, 2.24) is 5.32 Å². The molecule has 112 valence electrons. The first-order chi connectivity index (χ1) is 8.96. The fourth-order valence-electron chi connectivity index (χ4n) is 3.92. The SMILES string of the molecule is CNC1CCC(C(C)C)CC1S(=O)(=O)C1CCCC1. The molecule has 2 saturated carbocycles. The summed E-state index contributed by atoms with van der Waals surface area (Å²) in [6, 6.07) is 0.167. The Morgan fingerprint density at radius 2 is 1.68 bits per heavy atom. The average molecular weight is 287 g/mol. The largest absolute Gasteiger partial charge is 0.316 e. The molecular formula is C15H29NO2S. The molecule has 0 bridgehead atoms. The van der Waals surface area contributed by atoms with Gasteiger partial charge >= 0.3 is 0 Å². The second-order valence-electron chi connectivity index (χ2n) is 6.75. The first kappa shape index (κ1) is 15.3. The summed E-state index contributed by atoms with van der Waals surface area (Å²) in [5.41, 5.74) is 0. The van der Waals surface area contributed by atoms with E-state index in [1.807, 2.05) is 7.05 Å². The lowest BCUT2D eigenvalue weighted by Gasteiger charge is -2.38. The fourth-order valence-corrected chi connectivity index (χ4v) is 6.65. The Labute approximate surface area is 118 Å². The zero-order chi connectivity index (χ0) is 14.0. The minimum absolute atomic E-state index is 0.0562. The van der Waals surface area contributed by atoms with Gasteiger partial charge in [0.25, 0.3) is 0 Å². The molecule has 2 aliphatic carbocycles. The molecule has 3 atom stereocenters. The Morgan fingerprint density at radius 1 is 1.05 bits per heavy atom. The number of hydrogen-bond acceptors (Lipinski definition) is 3. The van der Waals surface area contributed by atoms with Gasteiger partial charge in [-0.3, -0.25) is 0 Å². The molecule has 0 aliphatic heterocycles. The van der Waals surface area contributed by atoms with E-state index in [-0.39, 0.29) is 16.5 Å². The molecule has 0 saturated heterocycles. The second-order valence-corrected chi connectivity index (χ2v) is 9.20. The van der Waals surface area contributed by atoms with Gasteiger partial charge < -0.3 is 5.32 Å². The molecule has 0 aromatic heterocycles. The second kappa shape index (κ2) is 6.13. The van der Waals surface area contributed by atoms with Crippen LogP contribution in [0.1, 0.15) is 58.8 Å². The maximum Gasteiger partial charge on any atom is 0.157 e. The van der Waals surface area contributed by atoms with E-state index in [4.69, 9.17) is 0 Å².